The number of benzene rings is 1. The molecule has 0 fully saturated rings. The molecular formula is C20H21NO5. The van der Waals surface area contributed by atoms with E-state index in [4.69, 9.17) is 13.9 Å². The van der Waals surface area contributed by atoms with Gasteiger partial charge in [-0.2, -0.15) is 0 Å². The van der Waals surface area contributed by atoms with Crippen LogP contribution in [-0.4, -0.2) is 18.5 Å². The second kappa shape index (κ2) is 5.90. The molecule has 2 aliphatic rings. The Bertz CT molecular complexity index is 909. The molecule has 1 N–H and O–H groups in total. The summed E-state index contributed by atoms with van der Waals surface area (Å²) in [6.45, 7) is 6.39. The van der Waals surface area contributed by atoms with Gasteiger partial charge >= 0.3 is 0 Å². The van der Waals surface area contributed by atoms with Crippen LogP contribution >= 0.6 is 0 Å². The molecule has 0 saturated heterocycles. The summed E-state index contributed by atoms with van der Waals surface area (Å²) in [5.74, 6) is 1.95. The van der Waals surface area contributed by atoms with Crippen molar-refractivity contribution in [2.75, 3.05) is 6.79 Å². The topological polar surface area (TPSA) is 77.8 Å². The van der Waals surface area contributed by atoms with Gasteiger partial charge in [-0.15, -0.1) is 0 Å². The Morgan fingerprint density at radius 2 is 1.96 bits per heavy atom. The van der Waals surface area contributed by atoms with Crippen LogP contribution in [-0.2, 0) is 13.0 Å². The summed E-state index contributed by atoms with van der Waals surface area (Å²) >= 11 is 0. The van der Waals surface area contributed by atoms with Gasteiger partial charge in [-0.25, -0.2) is 0 Å². The van der Waals surface area contributed by atoms with Crippen molar-refractivity contribution < 1.29 is 23.5 Å². The molecule has 6 nitrogen and oxygen atoms in total. The monoisotopic (exact) mass is 355 g/mol. The van der Waals surface area contributed by atoms with E-state index in [0.29, 0.717) is 47.8 Å². The van der Waals surface area contributed by atoms with E-state index < -0.39 is 0 Å². The molecule has 1 aliphatic carbocycles. The summed E-state index contributed by atoms with van der Waals surface area (Å²) in [4.78, 5) is 25.0. The second-order valence-electron chi connectivity index (χ2n) is 7.67. The highest BCUT2D eigenvalue weighted by molar-refractivity contribution is 6.03. The van der Waals surface area contributed by atoms with Crippen LogP contribution in [0.5, 0.6) is 11.5 Å². The van der Waals surface area contributed by atoms with Crippen LogP contribution in [0.15, 0.2) is 22.6 Å². The molecule has 0 unspecified atom stereocenters. The minimum absolute atomic E-state index is 0.0484. The van der Waals surface area contributed by atoms with Crippen LogP contribution in [0.25, 0.3) is 0 Å². The smallest absolute Gasteiger partial charge is 0.287 e. The summed E-state index contributed by atoms with van der Waals surface area (Å²) in [6, 6.07) is 5.54. The average molecular weight is 355 g/mol. The lowest BCUT2D eigenvalue weighted by molar-refractivity contribution is 0.0888. The van der Waals surface area contributed by atoms with E-state index in [-0.39, 0.29) is 29.7 Å². The van der Waals surface area contributed by atoms with Crippen molar-refractivity contribution in [1.29, 1.82) is 0 Å². The van der Waals surface area contributed by atoms with Crippen molar-refractivity contribution in [3.63, 3.8) is 0 Å². The quantitative estimate of drug-likeness (QED) is 0.913. The molecule has 6 heteroatoms. The van der Waals surface area contributed by atoms with Crippen molar-refractivity contribution in [2.45, 2.75) is 40.2 Å². The van der Waals surface area contributed by atoms with Crippen LogP contribution in [0.1, 0.15) is 58.1 Å². The molecule has 2 aromatic rings. The largest absolute Gasteiger partial charge is 0.455 e. The summed E-state index contributed by atoms with van der Waals surface area (Å²) < 4.78 is 16.4. The van der Waals surface area contributed by atoms with Gasteiger partial charge in [0.15, 0.2) is 23.0 Å². The zero-order valence-electron chi connectivity index (χ0n) is 15.1. The predicted octanol–water partition coefficient (Wildman–Crippen LogP) is 3.40. The number of carbonyl (C=O) groups is 2. The fourth-order valence-electron chi connectivity index (χ4n) is 3.61. The Morgan fingerprint density at radius 1 is 1.19 bits per heavy atom. The van der Waals surface area contributed by atoms with Gasteiger partial charge in [-0.3, -0.25) is 9.59 Å². The Balaban J connectivity index is 1.51. The van der Waals surface area contributed by atoms with Gasteiger partial charge in [0.05, 0.1) is 5.56 Å². The van der Waals surface area contributed by atoms with Crippen molar-refractivity contribution in [3.05, 3.63) is 46.4 Å². The van der Waals surface area contributed by atoms with Crippen LogP contribution in [0.2, 0.25) is 0 Å². The predicted molar refractivity (Wildman–Crippen MR) is 93.6 cm³/mol. The zero-order valence-corrected chi connectivity index (χ0v) is 15.1. The van der Waals surface area contributed by atoms with Gasteiger partial charge < -0.3 is 19.2 Å². The van der Waals surface area contributed by atoms with E-state index >= 15 is 0 Å². The van der Waals surface area contributed by atoms with Gasteiger partial charge in [-0.05, 0) is 30.0 Å². The molecule has 4 rings (SSSR count). The maximum atomic E-state index is 12.6. The maximum Gasteiger partial charge on any atom is 0.287 e. The third-order valence-electron chi connectivity index (χ3n) is 4.87. The highest BCUT2D eigenvalue weighted by Gasteiger charge is 2.37. The Morgan fingerprint density at radius 3 is 2.77 bits per heavy atom. The molecule has 0 atom stereocenters. The van der Waals surface area contributed by atoms with Gasteiger partial charge in [0.1, 0.15) is 5.76 Å². The molecule has 0 spiro atoms. The van der Waals surface area contributed by atoms with Crippen LogP contribution in [0.4, 0.5) is 0 Å². The summed E-state index contributed by atoms with van der Waals surface area (Å²) in [6.07, 6.45) is 1.13. The molecule has 0 radical (unpaired) electrons. The van der Waals surface area contributed by atoms with Crippen LogP contribution in [0, 0.1) is 12.3 Å². The number of hydrogen-bond donors (Lipinski definition) is 1. The number of rotatable bonds is 3. The first-order chi connectivity index (χ1) is 12.3. The SMILES string of the molecule is Cc1c(C(=O)NCc2ccc3c(c2)OCO3)oc2c1C(=O)CC(C)(C)C2. The minimum atomic E-state index is -0.319. The summed E-state index contributed by atoms with van der Waals surface area (Å²) in [5.41, 5.74) is 1.96. The third kappa shape index (κ3) is 2.85. The number of amides is 1. The first-order valence-corrected chi connectivity index (χ1v) is 8.66. The lowest BCUT2D eigenvalue weighted by Gasteiger charge is -2.27. The molecule has 2 heterocycles. The van der Waals surface area contributed by atoms with E-state index in [0.717, 1.165) is 5.56 Å². The number of ether oxygens (including phenoxy) is 2. The van der Waals surface area contributed by atoms with E-state index in [9.17, 15) is 9.59 Å². The zero-order chi connectivity index (χ0) is 18.5. The van der Waals surface area contributed by atoms with E-state index in [1.54, 1.807) is 6.92 Å². The van der Waals surface area contributed by atoms with Gasteiger partial charge in [0, 0.05) is 24.9 Å². The number of Topliss-reactive ketones (excluding diaryl/α,β-unsaturated/α-hetero) is 1. The second-order valence-corrected chi connectivity index (χ2v) is 7.67. The molecule has 136 valence electrons. The number of hydrogen-bond acceptors (Lipinski definition) is 5. The van der Waals surface area contributed by atoms with Gasteiger partial charge in [0.25, 0.3) is 5.91 Å². The minimum Gasteiger partial charge on any atom is -0.455 e. The van der Waals surface area contributed by atoms with Gasteiger partial charge in [0.2, 0.25) is 6.79 Å². The number of furan rings is 1. The van der Waals surface area contributed by atoms with Crippen molar-refractivity contribution in [3.8, 4) is 11.5 Å². The first-order valence-electron chi connectivity index (χ1n) is 8.66. The number of fused-ring (bicyclic) bond motifs is 2. The number of carbonyl (C=O) groups excluding carboxylic acids is 2. The highest BCUT2D eigenvalue weighted by Crippen LogP contribution is 2.38. The average Bonchev–Trinajstić information content (AvgIpc) is 3.15. The molecule has 26 heavy (non-hydrogen) atoms. The third-order valence-corrected chi connectivity index (χ3v) is 4.87. The molecule has 0 saturated carbocycles. The number of nitrogens with one attached hydrogen (secondary N) is 1. The van der Waals surface area contributed by atoms with E-state index in [1.807, 2.05) is 32.0 Å². The van der Waals surface area contributed by atoms with Crippen LogP contribution < -0.4 is 14.8 Å². The van der Waals surface area contributed by atoms with Crippen LogP contribution in [0.3, 0.4) is 0 Å². The normalized spacial score (nSPS) is 17.1. The molecule has 0 bridgehead atoms. The van der Waals surface area contributed by atoms with E-state index in [1.165, 1.54) is 0 Å². The Kier molecular flexibility index (Phi) is 3.79. The maximum absolute atomic E-state index is 12.6. The summed E-state index contributed by atoms with van der Waals surface area (Å²) in [5, 5.41) is 2.85. The van der Waals surface area contributed by atoms with E-state index in [2.05, 4.69) is 5.32 Å². The molecule has 1 aromatic carbocycles. The van der Waals surface area contributed by atoms with Crippen molar-refractivity contribution in [1.82, 2.24) is 5.32 Å². The number of ketones is 1. The van der Waals surface area contributed by atoms with Gasteiger partial charge in [-0.1, -0.05) is 19.9 Å². The summed E-state index contributed by atoms with van der Waals surface area (Å²) in [7, 11) is 0. The highest BCUT2D eigenvalue weighted by atomic mass is 16.7. The Labute approximate surface area is 151 Å². The fraction of sp³-hybridized carbons (Fsp3) is 0.400. The first kappa shape index (κ1) is 16.7. The lowest BCUT2D eigenvalue weighted by atomic mass is 9.76. The molecule has 1 amide bonds. The molecule has 1 aliphatic heterocycles. The Hall–Kier alpha value is -2.76. The van der Waals surface area contributed by atoms with Crippen molar-refractivity contribution >= 4 is 11.7 Å². The fourth-order valence-corrected chi connectivity index (χ4v) is 3.61. The lowest BCUT2D eigenvalue weighted by Crippen LogP contribution is -2.26. The molecule has 1 aromatic heterocycles. The standard InChI is InChI=1S/C20H21NO5/c1-11-17-13(22)7-20(2,3)8-16(17)26-18(11)19(23)21-9-12-4-5-14-15(6-12)25-10-24-14/h4-6H,7-10H2,1-3H3,(H,21,23). The van der Waals surface area contributed by atoms with Crippen molar-refractivity contribution in [2.24, 2.45) is 5.41 Å². The molecular weight excluding hydrogens is 334 g/mol.